The number of nitrogens with zero attached hydrogens (tertiary/aromatic N) is 5. The normalized spacial score (nSPS) is 11.2. The van der Waals surface area contributed by atoms with Crippen LogP contribution in [0.15, 0.2) is 47.8 Å². The van der Waals surface area contributed by atoms with Gasteiger partial charge in [0, 0.05) is 0 Å². The zero-order chi connectivity index (χ0) is 13.1. The summed E-state index contributed by atoms with van der Waals surface area (Å²) < 4.78 is 1.59. The molecule has 0 aliphatic rings. The number of benzene rings is 1. The summed E-state index contributed by atoms with van der Waals surface area (Å²) in [6.45, 7) is 2.05. The Morgan fingerprint density at radius 2 is 2.00 bits per heavy atom. The topological polar surface area (TPSA) is 67.5 Å². The molecule has 0 aliphatic carbocycles. The lowest BCUT2D eigenvalue weighted by Crippen LogP contribution is -1.98. The molecule has 0 bridgehead atoms. The Bertz CT molecular complexity index is 713. The molecular weight excluding hydrogens is 240 g/mol. The van der Waals surface area contributed by atoms with Gasteiger partial charge in [-0.15, -0.1) is 15.3 Å². The molecule has 19 heavy (non-hydrogen) atoms. The Labute approximate surface area is 109 Å². The minimum Gasteiger partial charge on any atom is -0.260 e. The Morgan fingerprint density at radius 1 is 1.16 bits per heavy atom. The van der Waals surface area contributed by atoms with Crippen molar-refractivity contribution in [2.24, 2.45) is 5.10 Å². The molecule has 3 aromatic rings. The summed E-state index contributed by atoms with van der Waals surface area (Å²) in [7, 11) is 0. The van der Waals surface area contributed by atoms with Gasteiger partial charge in [0.2, 0.25) is 0 Å². The van der Waals surface area contributed by atoms with Crippen molar-refractivity contribution in [3.63, 3.8) is 0 Å². The highest BCUT2D eigenvalue weighted by atomic mass is 15.4. The SMILES string of the molecule is Cc1ccc(C=NNc2ccc3nncn3n2)cc1. The van der Waals surface area contributed by atoms with E-state index in [9.17, 15) is 0 Å². The number of nitrogens with one attached hydrogen (secondary N) is 1. The quantitative estimate of drug-likeness (QED) is 0.571. The van der Waals surface area contributed by atoms with E-state index in [-0.39, 0.29) is 0 Å². The third-order valence-corrected chi connectivity index (χ3v) is 2.63. The molecule has 0 saturated carbocycles. The largest absolute Gasteiger partial charge is 0.260 e. The zero-order valence-corrected chi connectivity index (χ0v) is 10.4. The number of anilines is 1. The smallest absolute Gasteiger partial charge is 0.177 e. The van der Waals surface area contributed by atoms with Gasteiger partial charge < -0.3 is 0 Å². The van der Waals surface area contributed by atoms with E-state index >= 15 is 0 Å². The molecule has 0 fully saturated rings. The first-order chi connectivity index (χ1) is 9.31. The van der Waals surface area contributed by atoms with Crippen molar-refractivity contribution < 1.29 is 0 Å². The second-order valence-corrected chi connectivity index (χ2v) is 4.13. The third-order valence-electron chi connectivity index (χ3n) is 2.63. The number of fused-ring (bicyclic) bond motifs is 1. The van der Waals surface area contributed by atoms with E-state index in [0.29, 0.717) is 11.5 Å². The molecule has 6 nitrogen and oxygen atoms in total. The Morgan fingerprint density at radius 3 is 2.84 bits per heavy atom. The van der Waals surface area contributed by atoms with E-state index in [0.717, 1.165) is 5.56 Å². The van der Waals surface area contributed by atoms with Gasteiger partial charge in [0.15, 0.2) is 11.5 Å². The van der Waals surface area contributed by atoms with Gasteiger partial charge in [-0.2, -0.15) is 9.62 Å². The van der Waals surface area contributed by atoms with Crippen LogP contribution >= 0.6 is 0 Å². The first kappa shape index (κ1) is 11.3. The van der Waals surface area contributed by atoms with E-state index in [2.05, 4.69) is 32.7 Å². The molecule has 0 radical (unpaired) electrons. The molecule has 0 aliphatic heterocycles. The van der Waals surface area contributed by atoms with Crippen molar-refractivity contribution in [1.29, 1.82) is 0 Å². The summed E-state index contributed by atoms with van der Waals surface area (Å²) in [5, 5.41) is 16.0. The number of hydrazone groups is 1. The van der Waals surface area contributed by atoms with Gasteiger partial charge in [-0.25, -0.2) is 0 Å². The van der Waals surface area contributed by atoms with Crippen LogP contribution in [0.4, 0.5) is 5.82 Å². The molecule has 1 N–H and O–H groups in total. The van der Waals surface area contributed by atoms with Crippen LogP contribution in [0.3, 0.4) is 0 Å². The first-order valence-electron chi connectivity index (χ1n) is 5.84. The molecule has 2 aromatic heterocycles. The third kappa shape index (κ3) is 2.57. The van der Waals surface area contributed by atoms with Crippen LogP contribution < -0.4 is 5.43 Å². The summed E-state index contributed by atoms with van der Waals surface area (Å²) in [5.74, 6) is 0.635. The van der Waals surface area contributed by atoms with E-state index < -0.39 is 0 Å². The van der Waals surface area contributed by atoms with Gasteiger partial charge >= 0.3 is 0 Å². The number of aryl methyl sites for hydroxylation is 1. The summed E-state index contributed by atoms with van der Waals surface area (Å²) >= 11 is 0. The van der Waals surface area contributed by atoms with Gasteiger partial charge in [-0.05, 0) is 24.6 Å². The summed E-state index contributed by atoms with van der Waals surface area (Å²) in [5.41, 5.74) is 5.83. The molecule has 0 saturated heterocycles. The van der Waals surface area contributed by atoms with Gasteiger partial charge in [-0.3, -0.25) is 5.43 Å². The lowest BCUT2D eigenvalue weighted by molar-refractivity contribution is 0.925. The van der Waals surface area contributed by atoms with Crippen molar-refractivity contribution >= 4 is 17.7 Å². The first-order valence-corrected chi connectivity index (χ1v) is 5.84. The van der Waals surface area contributed by atoms with E-state index in [1.165, 1.54) is 5.56 Å². The van der Waals surface area contributed by atoms with Crippen molar-refractivity contribution in [3.05, 3.63) is 53.9 Å². The van der Waals surface area contributed by atoms with Crippen LogP contribution in [0.25, 0.3) is 5.65 Å². The fraction of sp³-hybridized carbons (Fsp3) is 0.0769. The fourth-order valence-electron chi connectivity index (χ4n) is 1.61. The molecule has 2 heterocycles. The Hall–Kier alpha value is -2.76. The number of hydrogen-bond donors (Lipinski definition) is 1. The van der Waals surface area contributed by atoms with Crippen molar-refractivity contribution in [1.82, 2.24) is 19.8 Å². The molecular formula is C13H12N6. The van der Waals surface area contributed by atoms with Crippen LogP contribution in [0.5, 0.6) is 0 Å². The van der Waals surface area contributed by atoms with E-state index in [1.54, 1.807) is 23.1 Å². The van der Waals surface area contributed by atoms with Crippen molar-refractivity contribution in [3.8, 4) is 0 Å². The zero-order valence-electron chi connectivity index (χ0n) is 10.4. The number of hydrogen-bond acceptors (Lipinski definition) is 5. The highest BCUT2D eigenvalue weighted by molar-refractivity contribution is 5.80. The van der Waals surface area contributed by atoms with E-state index in [1.807, 2.05) is 30.3 Å². The van der Waals surface area contributed by atoms with Gasteiger partial charge in [0.1, 0.15) is 6.33 Å². The van der Waals surface area contributed by atoms with Crippen LogP contribution in [0.2, 0.25) is 0 Å². The molecule has 6 heteroatoms. The maximum atomic E-state index is 4.25. The monoisotopic (exact) mass is 252 g/mol. The standard InChI is InChI=1S/C13H12N6/c1-10-2-4-11(5-3-10)8-14-16-12-6-7-13-17-15-9-19(13)18-12/h2-9H,1H3,(H,16,18). The summed E-state index contributed by atoms with van der Waals surface area (Å²) in [4.78, 5) is 0. The second-order valence-electron chi connectivity index (χ2n) is 4.13. The highest BCUT2D eigenvalue weighted by Gasteiger charge is 1.97. The second kappa shape index (κ2) is 4.85. The summed E-state index contributed by atoms with van der Waals surface area (Å²) in [6.07, 6.45) is 3.29. The van der Waals surface area contributed by atoms with Crippen molar-refractivity contribution in [2.45, 2.75) is 6.92 Å². The fourth-order valence-corrected chi connectivity index (χ4v) is 1.61. The lowest BCUT2D eigenvalue weighted by atomic mass is 10.2. The molecule has 0 amide bonds. The Kier molecular flexibility index (Phi) is 2.89. The van der Waals surface area contributed by atoms with Crippen LogP contribution in [-0.4, -0.2) is 26.0 Å². The number of aromatic nitrogens is 4. The molecule has 1 aromatic carbocycles. The molecule has 0 spiro atoms. The Balaban J connectivity index is 1.72. The predicted molar refractivity (Wildman–Crippen MR) is 73.2 cm³/mol. The van der Waals surface area contributed by atoms with Crippen LogP contribution in [0, 0.1) is 6.92 Å². The van der Waals surface area contributed by atoms with Gasteiger partial charge in [-0.1, -0.05) is 29.8 Å². The van der Waals surface area contributed by atoms with Crippen molar-refractivity contribution in [2.75, 3.05) is 5.43 Å². The maximum absolute atomic E-state index is 4.25. The molecule has 3 rings (SSSR count). The van der Waals surface area contributed by atoms with Crippen LogP contribution in [0.1, 0.15) is 11.1 Å². The van der Waals surface area contributed by atoms with E-state index in [4.69, 9.17) is 0 Å². The minimum absolute atomic E-state index is 0.635. The number of rotatable bonds is 3. The molecule has 94 valence electrons. The lowest BCUT2D eigenvalue weighted by Gasteiger charge is -1.99. The molecule has 0 unspecified atom stereocenters. The minimum atomic E-state index is 0.635. The summed E-state index contributed by atoms with van der Waals surface area (Å²) in [6, 6.07) is 11.7. The van der Waals surface area contributed by atoms with Gasteiger partial charge in [0.25, 0.3) is 0 Å². The average molecular weight is 252 g/mol. The van der Waals surface area contributed by atoms with Gasteiger partial charge in [0.05, 0.1) is 6.21 Å². The highest BCUT2D eigenvalue weighted by Crippen LogP contribution is 2.04. The maximum Gasteiger partial charge on any atom is 0.177 e. The molecule has 0 atom stereocenters. The van der Waals surface area contributed by atoms with Crippen LogP contribution in [-0.2, 0) is 0 Å². The predicted octanol–water partition coefficient (Wildman–Crippen LogP) is 1.88. The average Bonchev–Trinajstić information content (AvgIpc) is 2.88.